The third-order valence-corrected chi connectivity index (χ3v) is 8.27. The Kier molecular flexibility index (Phi) is 5.22. The fraction of sp³-hybridized carbons (Fsp3) is 0.625. The molecule has 0 aliphatic rings. The Labute approximate surface area is 119 Å². The van der Waals surface area contributed by atoms with Crippen LogP contribution in [-0.2, 0) is 11.0 Å². The molecule has 19 heavy (non-hydrogen) atoms. The molecule has 0 unspecified atom stereocenters. The van der Waals surface area contributed by atoms with Crippen molar-refractivity contribution in [1.82, 2.24) is 0 Å². The predicted molar refractivity (Wildman–Crippen MR) is 87.2 cm³/mol. The van der Waals surface area contributed by atoms with Crippen molar-refractivity contribution >= 4 is 14.0 Å². The van der Waals surface area contributed by atoms with Gasteiger partial charge in [0.05, 0.1) is 6.61 Å². The quantitative estimate of drug-likeness (QED) is 0.763. The van der Waals surface area contributed by atoms with E-state index >= 15 is 0 Å². The van der Waals surface area contributed by atoms with Gasteiger partial charge in [0.1, 0.15) is 0 Å². The molecule has 1 aromatic rings. The molecule has 0 saturated heterocycles. The Morgan fingerprint density at radius 1 is 1.21 bits per heavy atom. The number of hydrogen-bond donors (Lipinski definition) is 1. The fourth-order valence-corrected chi connectivity index (χ4v) is 2.53. The summed E-state index contributed by atoms with van der Waals surface area (Å²) in [4.78, 5) is 0. The zero-order valence-electron chi connectivity index (χ0n) is 13.5. The maximum Gasteiger partial charge on any atom is 0.192 e. The highest BCUT2D eigenvalue weighted by atomic mass is 28.4. The number of anilines is 1. The van der Waals surface area contributed by atoms with E-state index in [0.29, 0.717) is 12.6 Å². The van der Waals surface area contributed by atoms with Gasteiger partial charge < -0.3 is 9.74 Å². The first-order valence-electron chi connectivity index (χ1n) is 7.11. The second-order valence-corrected chi connectivity index (χ2v) is 11.9. The molecule has 0 saturated carbocycles. The fourth-order valence-electron chi connectivity index (χ4n) is 1.56. The molecule has 2 nitrogen and oxygen atoms in total. The third kappa shape index (κ3) is 5.00. The van der Waals surface area contributed by atoms with Gasteiger partial charge in [-0.2, -0.15) is 0 Å². The standard InChI is InChI=1S/C16H29NOSi/c1-13(2)17-15-10-8-9-14(11-15)12-18-19(6,7)16(3,4)5/h8-11,13,17H,12H2,1-7H3. The Hall–Kier alpha value is -0.803. The first-order chi connectivity index (χ1) is 8.62. The van der Waals surface area contributed by atoms with Crippen molar-refractivity contribution in [2.24, 2.45) is 0 Å². The normalized spacial score (nSPS) is 12.8. The summed E-state index contributed by atoms with van der Waals surface area (Å²) in [5, 5.41) is 3.69. The van der Waals surface area contributed by atoms with Crippen LogP contribution in [0.5, 0.6) is 0 Å². The minimum Gasteiger partial charge on any atom is -0.413 e. The van der Waals surface area contributed by atoms with Crippen LogP contribution < -0.4 is 5.32 Å². The summed E-state index contributed by atoms with van der Waals surface area (Å²) >= 11 is 0. The lowest BCUT2D eigenvalue weighted by Gasteiger charge is -2.36. The largest absolute Gasteiger partial charge is 0.413 e. The summed E-state index contributed by atoms with van der Waals surface area (Å²) in [5.74, 6) is 0. The molecule has 1 aromatic carbocycles. The lowest BCUT2D eigenvalue weighted by atomic mass is 10.2. The second-order valence-electron chi connectivity index (χ2n) is 7.05. The molecule has 0 amide bonds. The van der Waals surface area contributed by atoms with Crippen molar-refractivity contribution in [3.8, 4) is 0 Å². The van der Waals surface area contributed by atoms with E-state index in [2.05, 4.69) is 77.3 Å². The summed E-state index contributed by atoms with van der Waals surface area (Å²) in [7, 11) is -1.66. The van der Waals surface area contributed by atoms with Crippen molar-refractivity contribution in [2.75, 3.05) is 5.32 Å². The second kappa shape index (κ2) is 6.10. The van der Waals surface area contributed by atoms with E-state index in [-0.39, 0.29) is 5.04 Å². The predicted octanol–water partition coefficient (Wildman–Crippen LogP) is 5.03. The Morgan fingerprint density at radius 3 is 2.37 bits per heavy atom. The van der Waals surface area contributed by atoms with Crippen LogP contribution in [0.1, 0.15) is 40.2 Å². The van der Waals surface area contributed by atoms with Gasteiger partial charge in [0.15, 0.2) is 8.32 Å². The Bertz CT molecular complexity index is 407. The van der Waals surface area contributed by atoms with Crippen LogP contribution in [0.3, 0.4) is 0 Å². The molecule has 1 N–H and O–H groups in total. The van der Waals surface area contributed by atoms with Crippen LogP contribution in [-0.4, -0.2) is 14.4 Å². The van der Waals surface area contributed by atoms with Crippen LogP contribution in [0.15, 0.2) is 24.3 Å². The van der Waals surface area contributed by atoms with E-state index in [1.165, 1.54) is 11.3 Å². The molecule has 0 aromatic heterocycles. The molecule has 0 heterocycles. The molecule has 1 rings (SSSR count). The van der Waals surface area contributed by atoms with Gasteiger partial charge >= 0.3 is 0 Å². The van der Waals surface area contributed by atoms with Crippen LogP contribution in [0.4, 0.5) is 5.69 Å². The van der Waals surface area contributed by atoms with Gasteiger partial charge in [0.2, 0.25) is 0 Å². The summed E-state index contributed by atoms with van der Waals surface area (Å²) in [6.45, 7) is 16.4. The lowest BCUT2D eigenvalue weighted by molar-refractivity contribution is 0.276. The van der Waals surface area contributed by atoms with E-state index in [0.717, 1.165) is 0 Å². The molecule has 3 heteroatoms. The van der Waals surface area contributed by atoms with Crippen molar-refractivity contribution in [3.63, 3.8) is 0 Å². The Morgan fingerprint density at radius 2 is 1.84 bits per heavy atom. The molecule has 0 aliphatic heterocycles. The van der Waals surface area contributed by atoms with E-state index in [4.69, 9.17) is 4.43 Å². The molecule has 0 spiro atoms. The summed E-state index contributed by atoms with van der Waals surface area (Å²) in [6, 6.07) is 8.98. The van der Waals surface area contributed by atoms with Crippen molar-refractivity contribution < 1.29 is 4.43 Å². The number of hydrogen-bond acceptors (Lipinski definition) is 2. The number of rotatable bonds is 5. The maximum absolute atomic E-state index is 6.25. The van der Waals surface area contributed by atoms with Gasteiger partial charge in [-0.15, -0.1) is 0 Å². The van der Waals surface area contributed by atoms with E-state index in [9.17, 15) is 0 Å². The minimum atomic E-state index is -1.66. The summed E-state index contributed by atoms with van der Waals surface area (Å²) < 4.78 is 6.25. The first kappa shape index (κ1) is 16.3. The summed E-state index contributed by atoms with van der Waals surface area (Å²) in [6.07, 6.45) is 0. The van der Waals surface area contributed by atoms with Gasteiger partial charge in [-0.1, -0.05) is 32.9 Å². The highest BCUT2D eigenvalue weighted by Crippen LogP contribution is 2.37. The SMILES string of the molecule is CC(C)Nc1cccc(CO[Si](C)(C)C(C)(C)C)c1. The average molecular weight is 279 g/mol. The van der Waals surface area contributed by atoms with Crippen molar-refractivity contribution in [3.05, 3.63) is 29.8 Å². The van der Waals surface area contributed by atoms with Crippen LogP contribution in [0.25, 0.3) is 0 Å². The van der Waals surface area contributed by atoms with E-state index < -0.39 is 8.32 Å². The average Bonchev–Trinajstić information content (AvgIpc) is 2.24. The van der Waals surface area contributed by atoms with Gasteiger partial charge in [-0.25, -0.2) is 0 Å². The van der Waals surface area contributed by atoms with Crippen LogP contribution >= 0.6 is 0 Å². The van der Waals surface area contributed by atoms with Gasteiger partial charge in [-0.3, -0.25) is 0 Å². The molecule has 0 atom stereocenters. The molecule has 0 aliphatic carbocycles. The molecular weight excluding hydrogens is 250 g/mol. The number of benzene rings is 1. The van der Waals surface area contributed by atoms with Crippen molar-refractivity contribution in [1.29, 1.82) is 0 Å². The highest BCUT2D eigenvalue weighted by molar-refractivity contribution is 6.74. The highest BCUT2D eigenvalue weighted by Gasteiger charge is 2.36. The van der Waals surface area contributed by atoms with Gasteiger partial charge in [-0.05, 0) is 49.7 Å². The maximum atomic E-state index is 6.25. The Balaban J connectivity index is 2.68. The van der Waals surface area contributed by atoms with Crippen LogP contribution in [0.2, 0.25) is 18.1 Å². The smallest absolute Gasteiger partial charge is 0.192 e. The molecule has 0 radical (unpaired) electrons. The third-order valence-electron chi connectivity index (χ3n) is 3.79. The van der Waals surface area contributed by atoms with Gasteiger partial charge in [0.25, 0.3) is 0 Å². The minimum absolute atomic E-state index is 0.265. The van der Waals surface area contributed by atoms with Crippen molar-refractivity contribution in [2.45, 2.75) is 65.4 Å². The van der Waals surface area contributed by atoms with Crippen LogP contribution in [0, 0.1) is 0 Å². The van der Waals surface area contributed by atoms with Gasteiger partial charge in [0, 0.05) is 11.7 Å². The lowest BCUT2D eigenvalue weighted by Crippen LogP contribution is -2.40. The molecule has 108 valence electrons. The first-order valence-corrected chi connectivity index (χ1v) is 10.0. The summed E-state index contributed by atoms with van der Waals surface area (Å²) in [5.41, 5.74) is 2.42. The van der Waals surface area contributed by atoms with E-state index in [1.807, 2.05) is 0 Å². The molecule has 0 fully saturated rings. The topological polar surface area (TPSA) is 21.3 Å². The monoisotopic (exact) mass is 279 g/mol. The molecule has 0 bridgehead atoms. The zero-order valence-corrected chi connectivity index (χ0v) is 14.5. The zero-order chi connectivity index (χ0) is 14.7. The van der Waals surface area contributed by atoms with E-state index in [1.54, 1.807) is 0 Å². The molecular formula is C16H29NOSi. The number of nitrogens with one attached hydrogen (secondary N) is 1.